The van der Waals surface area contributed by atoms with E-state index < -0.39 is 0 Å². The van der Waals surface area contributed by atoms with Gasteiger partial charge in [0.1, 0.15) is 0 Å². The number of nitrogen functional groups attached to an aromatic ring is 2. The Kier molecular flexibility index (Phi) is 4.47. The molecule has 0 saturated heterocycles. The molecular formula is C15H23N5O. The molecule has 6 heteroatoms. The monoisotopic (exact) mass is 289 g/mol. The predicted octanol–water partition coefficient (Wildman–Crippen LogP) is 2.33. The van der Waals surface area contributed by atoms with E-state index in [9.17, 15) is 0 Å². The maximum absolute atomic E-state index is 8.99. The minimum Gasteiger partial charge on any atom is -0.397 e. The smallest absolute Gasteiger partial charge is 0.201 e. The van der Waals surface area contributed by atoms with Gasteiger partial charge >= 0.3 is 0 Å². The van der Waals surface area contributed by atoms with Gasteiger partial charge in [-0.1, -0.05) is 13.8 Å². The lowest BCUT2D eigenvalue weighted by atomic mass is 10.1. The summed E-state index contributed by atoms with van der Waals surface area (Å²) in [4.78, 5) is 8.91. The van der Waals surface area contributed by atoms with Gasteiger partial charge in [0, 0.05) is 18.9 Å². The number of fused-ring (bicyclic) bond motifs is 1. The minimum absolute atomic E-state index is 0.117. The molecule has 0 radical (unpaired) electrons. The maximum atomic E-state index is 8.99. The van der Waals surface area contributed by atoms with Gasteiger partial charge in [-0.15, -0.1) is 0 Å². The molecule has 1 heterocycles. The highest BCUT2D eigenvalue weighted by Gasteiger charge is 2.11. The summed E-state index contributed by atoms with van der Waals surface area (Å²) in [6.07, 6.45) is 0.629. The number of aryl methyl sites for hydroxylation is 1. The fourth-order valence-electron chi connectivity index (χ4n) is 2.07. The molecule has 6 nitrogen and oxygen atoms in total. The molecule has 0 amide bonds. The van der Waals surface area contributed by atoms with Crippen molar-refractivity contribution in [2.24, 2.45) is 10.9 Å². The maximum Gasteiger partial charge on any atom is 0.201 e. The van der Waals surface area contributed by atoms with Crippen molar-refractivity contribution in [3.63, 3.8) is 0 Å². The van der Waals surface area contributed by atoms with Crippen LogP contribution in [-0.4, -0.2) is 27.0 Å². The van der Waals surface area contributed by atoms with Gasteiger partial charge in [-0.05, 0) is 31.4 Å². The first kappa shape index (κ1) is 15.3. The van der Waals surface area contributed by atoms with E-state index in [1.54, 1.807) is 6.07 Å². The molecule has 5 N–H and O–H groups in total. The number of aliphatic hydroxyl groups is 1. The molecule has 0 atom stereocenters. The van der Waals surface area contributed by atoms with Gasteiger partial charge in [-0.3, -0.25) is 4.99 Å². The number of aromatic nitrogens is 2. The standard InChI is InChI=1S/C15H23N5O/c1-9(2)10(3)18-12-8-14-13(7-11(12)16)19-15(17)20(14)5-4-6-21/h7-9,21H,4-6,16H2,1-3H3,(H2,17,19)/b18-10+. The molecule has 0 saturated carbocycles. The summed E-state index contributed by atoms with van der Waals surface area (Å²) in [7, 11) is 0. The van der Waals surface area contributed by atoms with Crippen molar-refractivity contribution in [3.8, 4) is 0 Å². The molecular weight excluding hydrogens is 266 g/mol. The van der Waals surface area contributed by atoms with Crippen LogP contribution in [0.4, 0.5) is 17.3 Å². The highest BCUT2D eigenvalue weighted by Crippen LogP contribution is 2.30. The molecule has 0 unspecified atom stereocenters. The van der Waals surface area contributed by atoms with Crippen molar-refractivity contribution >= 4 is 34.1 Å². The molecule has 0 bridgehead atoms. The predicted molar refractivity (Wildman–Crippen MR) is 87.9 cm³/mol. The van der Waals surface area contributed by atoms with Crippen LogP contribution in [0.25, 0.3) is 11.0 Å². The lowest BCUT2D eigenvalue weighted by Crippen LogP contribution is -2.05. The van der Waals surface area contributed by atoms with E-state index in [-0.39, 0.29) is 6.61 Å². The van der Waals surface area contributed by atoms with E-state index in [2.05, 4.69) is 23.8 Å². The summed E-state index contributed by atoms with van der Waals surface area (Å²) in [6.45, 7) is 6.92. The molecule has 2 rings (SSSR count). The van der Waals surface area contributed by atoms with E-state index in [1.165, 1.54) is 0 Å². The third-order valence-electron chi connectivity index (χ3n) is 3.60. The Morgan fingerprint density at radius 2 is 2.10 bits per heavy atom. The average molecular weight is 289 g/mol. The van der Waals surface area contributed by atoms with Crippen molar-refractivity contribution in [3.05, 3.63) is 12.1 Å². The Bertz CT molecular complexity index is 672. The van der Waals surface area contributed by atoms with Gasteiger partial charge in [-0.25, -0.2) is 4.98 Å². The van der Waals surface area contributed by atoms with Gasteiger partial charge in [0.2, 0.25) is 5.95 Å². The van der Waals surface area contributed by atoms with Crippen LogP contribution < -0.4 is 11.5 Å². The number of hydrogen-bond donors (Lipinski definition) is 3. The summed E-state index contributed by atoms with van der Waals surface area (Å²) < 4.78 is 1.88. The van der Waals surface area contributed by atoms with Gasteiger partial charge in [-0.2, -0.15) is 0 Å². The molecule has 2 aromatic rings. The minimum atomic E-state index is 0.117. The van der Waals surface area contributed by atoms with Crippen molar-refractivity contribution in [1.29, 1.82) is 0 Å². The highest BCUT2D eigenvalue weighted by molar-refractivity contribution is 5.92. The van der Waals surface area contributed by atoms with Crippen LogP contribution in [-0.2, 0) is 6.54 Å². The molecule has 0 spiro atoms. The first-order valence-corrected chi connectivity index (χ1v) is 7.15. The van der Waals surface area contributed by atoms with Gasteiger partial charge in [0.15, 0.2) is 0 Å². The van der Waals surface area contributed by atoms with E-state index in [1.807, 2.05) is 17.6 Å². The fraction of sp³-hybridized carbons (Fsp3) is 0.467. The van der Waals surface area contributed by atoms with Gasteiger partial charge < -0.3 is 21.1 Å². The number of nitrogens with zero attached hydrogens (tertiary/aromatic N) is 3. The normalized spacial score (nSPS) is 12.5. The van der Waals surface area contributed by atoms with E-state index >= 15 is 0 Å². The quantitative estimate of drug-likeness (QED) is 0.580. The lowest BCUT2D eigenvalue weighted by Gasteiger charge is -2.08. The van der Waals surface area contributed by atoms with Crippen LogP contribution >= 0.6 is 0 Å². The number of rotatable bonds is 5. The number of nitrogens with two attached hydrogens (primary N) is 2. The average Bonchev–Trinajstić information content (AvgIpc) is 2.71. The zero-order valence-electron chi connectivity index (χ0n) is 12.8. The number of benzene rings is 1. The molecule has 0 aliphatic carbocycles. The van der Waals surface area contributed by atoms with Crippen LogP contribution in [0.15, 0.2) is 17.1 Å². The first-order valence-electron chi connectivity index (χ1n) is 7.15. The van der Waals surface area contributed by atoms with E-state index in [0.717, 1.165) is 22.4 Å². The van der Waals surface area contributed by atoms with Crippen LogP contribution in [0.1, 0.15) is 27.2 Å². The first-order chi connectivity index (χ1) is 9.93. The van der Waals surface area contributed by atoms with Crippen molar-refractivity contribution in [1.82, 2.24) is 9.55 Å². The zero-order valence-corrected chi connectivity index (χ0v) is 12.8. The van der Waals surface area contributed by atoms with Crippen LogP contribution in [0, 0.1) is 5.92 Å². The second-order valence-electron chi connectivity index (χ2n) is 5.51. The Morgan fingerprint density at radius 1 is 1.38 bits per heavy atom. The van der Waals surface area contributed by atoms with Crippen molar-refractivity contribution in [2.75, 3.05) is 18.1 Å². The zero-order chi connectivity index (χ0) is 15.6. The molecule has 114 valence electrons. The Labute approximate surface area is 124 Å². The summed E-state index contributed by atoms with van der Waals surface area (Å²) in [5.74, 6) is 0.795. The second-order valence-corrected chi connectivity index (χ2v) is 5.51. The van der Waals surface area contributed by atoms with Crippen LogP contribution in [0.2, 0.25) is 0 Å². The Morgan fingerprint density at radius 3 is 2.71 bits per heavy atom. The number of aliphatic hydroxyl groups excluding tert-OH is 1. The highest BCUT2D eigenvalue weighted by atomic mass is 16.3. The van der Waals surface area contributed by atoms with E-state index in [4.69, 9.17) is 16.6 Å². The fourth-order valence-corrected chi connectivity index (χ4v) is 2.07. The topological polar surface area (TPSA) is 102 Å². The summed E-state index contributed by atoms with van der Waals surface area (Å²) in [6, 6.07) is 3.71. The molecule has 1 aromatic heterocycles. The van der Waals surface area contributed by atoms with Gasteiger partial charge in [0.25, 0.3) is 0 Å². The summed E-state index contributed by atoms with van der Waals surface area (Å²) in [5.41, 5.74) is 16.0. The third kappa shape index (κ3) is 3.16. The number of anilines is 2. The van der Waals surface area contributed by atoms with Crippen LogP contribution in [0.3, 0.4) is 0 Å². The second kappa shape index (κ2) is 6.13. The Hall–Kier alpha value is -2.08. The number of imidazole rings is 1. The molecule has 0 aliphatic heterocycles. The molecule has 0 aliphatic rings. The van der Waals surface area contributed by atoms with Gasteiger partial charge in [0.05, 0.1) is 22.4 Å². The summed E-state index contributed by atoms with van der Waals surface area (Å²) >= 11 is 0. The molecule has 1 aromatic carbocycles. The SMILES string of the molecule is C/C(=N\c1cc2c(cc1N)nc(N)n2CCCO)C(C)C. The molecule has 21 heavy (non-hydrogen) atoms. The van der Waals surface area contributed by atoms with Crippen molar-refractivity contribution in [2.45, 2.75) is 33.7 Å². The van der Waals surface area contributed by atoms with Crippen molar-refractivity contribution < 1.29 is 5.11 Å². The number of hydrogen-bond acceptors (Lipinski definition) is 5. The molecule has 0 fully saturated rings. The number of aliphatic imine (C=N–C) groups is 1. The van der Waals surface area contributed by atoms with E-state index in [0.29, 0.717) is 30.5 Å². The summed E-state index contributed by atoms with van der Waals surface area (Å²) in [5, 5.41) is 8.99. The Balaban J connectivity index is 2.54. The third-order valence-corrected chi connectivity index (χ3v) is 3.60. The van der Waals surface area contributed by atoms with Crippen LogP contribution in [0.5, 0.6) is 0 Å². The largest absolute Gasteiger partial charge is 0.397 e. The lowest BCUT2D eigenvalue weighted by molar-refractivity contribution is 0.281.